The van der Waals surface area contributed by atoms with E-state index in [0.717, 1.165) is 28.0 Å². The zero-order chi connectivity index (χ0) is 14.2. The second-order valence-electron chi connectivity index (χ2n) is 4.70. The van der Waals surface area contributed by atoms with Gasteiger partial charge in [-0.1, -0.05) is 0 Å². The molecule has 0 fully saturated rings. The van der Waals surface area contributed by atoms with Crippen molar-refractivity contribution in [3.63, 3.8) is 0 Å². The molecule has 0 bridgehead atoms. The van der Waals surface area contributed by atoms with Crippen molar-refractivity contribution in [1.82, 2.24) is 25.0 Å². The molecule has 0 saturated heterocycles. The number of rotatable bonds is 4. The Morgan fingerprint density at radius 1 is 1.37 bits per heavy atom. The van der Waals surface area contributed by atoms with E-state index < -0.39 is 0 Å². The lowest BCUT2D eigenvalue weighted by Gasteiger charge is -2.17. The molecule has 0 aliphatic rings. The smallest absolute Gasteiger partial charge is 0.0709 e. The second kappa shape index (κ2) is 5.44. The maximum Gasteiger partial charge on any atom is 0.0709 e. The summed E-state index contributed by atoms with van der Waals surface area (Å²) in [6, 6.07) is -0.0107. The van der Waals surface area contributed by atoms with E-state index in [1.807, 2.05) is 30.4 Å². The minimum Gasteiger partial charge on any atom is -0.272 e. The van der Waals surface area contributed by atoms with Crippen LogP contribution in [0, 0.1) is 13.8 Å². The van der Waals surface area contributed by atoms with Gasteiger partial charge in [-0.2, -0.15) is 10.2 Å². The fourth-order valence-corrected chi connectivity index (χ4v) is 2.99. The second-order valence-corrected chi connectivity index (χ2v) is 5.55. The van der Waals surface area contributed by atoms with Crippen molar-refractivity contribution in [2.45, 2.75) is 26.3 Å². The van der Waals surface area contributed by atoms with Crippen LogP contribution in [0.25, 0.3) is 0 Å². The Labute approximate surface area is 121 Å². The highest BCUT2D eigenvalue weighted by Crippen LogP contribution is 2.26. The van der Waals surface area contributed by atoms with E-state index in [2.05, 4.69) is 38.5 Å². The lowest BCUT2D eigenvalue weighted by Crippen LogP contribution is -2.31. The average Bonchev–Trinajstić information content (AvgIpc) is 2.81. The highest BCUT2D eigenvalue weighted by atomic mass is 79.9. The highest BCUT2D eigenvalue weighted by Gasteiger charge is 2.21. The summed E-state index contributed by atoms with van der Waals surface area (Å²) in [6.07, 6.45) is 2.56. The summed E-state index contributed by atoms with van der Waals surface area (Å²) in [7, 11) is 3.87. The van der Waals surface area contributed by atoms with Gasteiger partial charge in [-0.3, -0.25) is 20.6 Å². The number of hydrogen-bond acceptors (Lipinski definition) is 4. The summed E-state index contributed by atoms with van der Waals surface area (Å²) in [4.78, 5) is 0. The zero-order valence-corrected chi connectivity index (χ0v) is 13.2. The summed E-state index contributed by atoms with van der Waals surface area (Å²) >= 11 is 3.51. The maximum absolute atomic E-state index is 5.72. The molecule has 0 aliphatic carbocycles. The largest absolute Gasteiger partial charge is 0.272 e. The number of nitrogens with one attached hydrogen (secondary N) is 1. The minimum atomic E-state index is -0.0107. The predicted molar refractivity (Wildman–Crippen MR) is 77.4 cm³/mol. The Hall–Kier alpha value is -1.18. The standard InChI is InChI=1S/C12H19BrN6/c1-7-9(8(2)18(3)17-7)5-11(16-14)12-10(13)6-15-19(12)4/h6,11,16H,5,14H2,1-4H3. The van der Waals surface area contributed by atoms with E-state index in [0.29, 0.717) is 0 Å². The molecule has 1 atom stereocenters. The maximum atomic E-state index is 5.72. The van der Waals surface area contributed by atoms with Gasteiger partial charge in [-0.05, 0) is 41.8 Å². The van der Waals surface area contributed by atoms with Crippen molar-refractivity contribution in [3.8, 4) is 0 Å². The van der Waals surface area contributed by atoms with Crippen LogP contribution in [0.3, 0.4) is 0 Å². The van der Waals surface area contributed by atoms with Crippen LogP contribution >= 0.6 is 15.9 Å². The predicted octanol–water partition coefficient (Wildman–Crippen LogP) is 1.28. The number of nitrogens with two attached hydrogens (primary N) is 1. The summed E-state index contributed by atoms with van der Waals surface area (Å²) in [6.45, 7) is 4.09. The van der Waals surface area contributed by atoms with Crippen LogP contribution in [0.15, 0.2) is 10.7 Å². The third-order valence-electron chi connectivity index (χ3n) is 3.54. The summed E-state index contributed by atoms with van der Waals surface area (Å²) in [5.41, 5.74) is 7.33. The molecular formula is C12H19BrN6. The van der Waals surface area contributed by atoms with Gasteiger partial charge in [-0.15, -0.1) is 0 Å². The first-order chi connectivity index (χ1) is 8.95. The normalized spacial score (nSPS) is 12.9. The molecule has 2 aromatic heterocycles. The molecule has 0 aliphatic heterocycles. The molecule has 0 spiro atoms. The molecule has 0 saturated carbocycles. The number of aromatic nitrogens is 4. The Balaban J connectivity index is 2.35. The number of hydrogen-bond donors (Lipinski definition) is 2. The average molecular weight is 327 g/mol. The molecule has 0 aromatic carbocycles. The van der Waals surface area contributed by atoms with Crippen LogP contribution < -0.4 is 11.3 Å². The first kappa shape index (κ1) is 14.2. The van der Waals surface area contributed by atoms with E-state index >= 15 is 0 Å². The first-order valence-electron chi connectivity index (χ1n) is 6.08. The molecule has 3 N–H and O–H groups in total. The van der Waals surface area contributed by atoms with E-state index in [-0.39, 0.29) is 6.04 Å². The van der Waals surface area contributed by atoms with Crippen LogP contribution in [0.1, 0.15) is 28.7 Å². The van der Waals surface area contributed by atoms with Crippen molar-refractivity contribution in [2.24, 2.45) is 19.9 Å². The molecule has 7 heteroatoms. The molecule has 2 heterocycles. The van der Waals surface area contributed by atoms with Crippen molar-refractivity contribution < 1.29 is 0 Å². The van der Waals surface area contributed by atoms with Gasteiger partial charge in [0.25, 0.3) is 0 Å². The summed E-state index contributed by atoms with van der Waals surface area (Å²) in [5.74, 6) is 5.72. The van der Waals surface area contributed by atoms with Gasteiger partial charge in [0.15, 0.2) is 0 Å². The lowest BCUT2D eigenvalue weighted by atomic mass is 10.0. The van der Waals surface area contributed by atoms with Crippen LogP contribution in [0.4, 0.5) is 0 Å². The SMILES string of the molecule is Cc1nn(C)c(C)c1CC(NN)c1c(Br)cnn1C. The van der Waals surface area contributed by atoms with Gasteiger partial charge in [0, 0.05) is 19.8 Å². The molecule has 2 rings (SSSR count). The zero-order valence-electron chi connectivity index (χ0n) is 11.6. The third kappa shape index (κ3) is 2.58. The molecule has 1 unspecified atom stereocenters. The van der Waals surface area contributed by atoms with Gasteiger partial charge in [0.1, 0.15) is 0 Å². The van der Waals surface area contributed by atoms with E-state index in [1.165, 1.54) is 5.56 Å². The van der Waals surface area contributed by atoms with Gasteiger partial charge in [0.05, 0.1) is 28.1 Å². The molecule has 0 radical (unpaired) electrons. The number of nitrogens with zero attached hydrogens (tertiary/aromatic N) is 4. The van der Waals surface area contributed by atoms with Crippen LogP contribution in [-0.4, -0.2) is 19.6 Å². The van der Waals surface area contributed by atoms with Crippen molar-refractivity contribution in [3.05, 3.63) is 33.3 Å². The monoisotopic (exact) mass is 326 g/mol. The quantitative estimate of drug-likeness (QED) is 0.655. The Morgan fingerprint density at radius 2 is 2.05 bits per heavy atom. The fourth-order valence-electron chi connectivity index (χ4n) is 2.36. The number of hydrazine groups is 1. The van der Waals surface area contributed by atoms with Gasteiger partial charge >= 0.3 is 0 Å². The van der Waals surface area contributed by atoms with Crippen LogP contribution in [0.2, 0.25) is 0 Å². The summed E-state index contributed by atoms with van der Waals surface area (Å²) < 4.78 is 4.68. The van der Waals surface area contributed by atoms with Crippen molar-refractivity contribution in [1.29, 1.82) is 0 Å². The first-order valence-corrected chi connectivity index (χ1v) is 6.87. The molecular weight excluding hydrogens is 308 g/mol. The Kier molecular flexibility index (Phi) is 4.07. The van der Waals surface area contributed by atoms with E-state index in [1.54, 1.807) is 6.20 Å². The molecule has 2 aromatic rings. The van der Waals surface area contributed by atoms with Gasteiger partial charge in [-0.25, -0.2) is 0 Å². The van der Waals surface area contributed by atoms with E-state index in [9.17, 15) is 0 Å². The lowest BCUT2D eigenvalue weighted by molar-refractivity contribution is 0.505. The van der Waals surface area contributed by atoms with Gasteiger partial charge < -0.3 is 0 Å². The highest BCUT2D eigenvalue weighted by molar-refractivity contribution is 9.10. The Morgan fingerprint density at radius 3 is 2.47 bits per heavy atom. The van der Waals surface area contributed by atoms with E-state index in [4.69, 9.17) is 5.84 Å². The van der Waals surface area contributed by atoms with Crippen LogP contribution in [-0.2, 0) is 20.5 Å². The van der Waals surface area contributed by atoms with Crippen molar-refractivity contribution in [2.75, 3.05) is 0 Å². The molecule has 0 amide bonds. The topological polar surface area (TPSA) is 73.7 Å². The van der Waals surface area contributed by atoms with Crippen molar-refractivity contribution >= 4 is 15.9 Å². The van der Waals surface area contributed by atoms with Gasteiger partial charge in [0.2, 0.25) is 0 Å². The molecule has 104 valence electrons. The number of aryl methyl sites for hydroxylation is 3. The third-order valence-corrected chi connectivity index (χ3v) is 4.15. The summed E-state index contributed by atoms with van der Waals surface area (Å²) in [5, 5.41) is 8.67. The number of halogens is 1. The molecule has 6 nitrogen and oxygen atoms in total. The molecule has 19 heavy (non-hydrogen) atoms. The fraction of sp³-hybridized carbons (Fsp3) is 0.500. The Bertz CT molecular complexity index is 566. The minimum absolute atomic E-state index is 0.0107. The van der Waals surface area contributed by atoms with Crippen LogP contribution in [0.5, 0.6) is 0 Å².